The zero-order valence-corrected chi connectivity index (χ0v) is 6.68. The summed E-state index contributed by atoms with van der Waals surface area (Å²) < 4.78 is 0. The molecule has 0 saturated heterocycles. The van der Waals surface area contributed by atoms with Crippen LogP contribution < -0.4 is 0 Å². The average molecular weight is 138 g/mol. The van der Waals surface area contributed by atoms with Crippen molar-refractivity contribution in [1.82, 2.24) is 0 Å². The quantitative estimate of drug-likeness (QED) is 0.469. The van der Waals surface area contributed by atoms with Gasteiger partial charge >= 0.3 is 0 Å². The summed E-state index contributed by atoms with van der Waals surface area (Å²) in [4.78, 5) is 11.0. The van der Waals surface area contributed by atoms with Crippen LogP contribution in [-0.2, 0) is 4.79 Å². The van der Waals surface area contributed by atoms with E-state index in [1.165, 1.54) is 5.57 Å². The van der Waals surface area contributed by atoms with Gasteiger partial charge in [-0.1, -0.05) is 26.0 Å². The Labute approximate surface area is 62.1 Å². The molecule has 1 nitrogen and oxygen atoms in total. The van der Waals surface area contributed by atoms with E-state index in [1.807, 2.05) is 0 Å². The summed E-state index contributed by atoms with van der Waals surface area (Å²) in [6, 6.07) is 0. The molecule has 2 atom stereocenters. The Morgan fingerprint density at radius 1 is 1.30 bits per heavy atom. The fraction of sp³-hybridized carbons (Fsp3) is 0.667. The van der Waals surface area contributed by atoms with Crippen molar-refractivity contribution in [2.24, 2.45) is 11.8 Å². The molecule has 1 aliphatic carbocycles. The van der Waals surface area contributed by atoms with E-state index < -0.39 is 0 Å². The van der Waals surface area contributed by atoms with Gasteiger partial charge in [0.25, 0.3) is 0 Å². The number of rotatable bonds is 0. The monoisotopic (exact) mass is 138 g/mol. The normalized spacial score (nSPS) is 34.6. The fourth-order valence-corrected chi connectivity index (χ4v) is 1.51. The molecular formula is C9H14O. The maximum atomic E-state index is 11.0. The lowest BCUT2D eigenvalue weighted by Crippen LogP contribution is -2.21. The van der Waals surface area contributed by atoms with E-state index >= 15 is 0 Å². The summed E-state index contributed by atoms with van der Waals surface area (Å²) in [7, 11) is 0. The van der Waals surface area contributed by atoms with E-state index in [4.69, 9.17) is 0 Å². The first kappa shape index (κ1) is 7.52. The van der Waals surface area contributed by atoms with Crippen molar-refractivity contribution in [3.63, 3.8) is 0 Å². The first-order valence-electron chi connectivity index (χ1n) is 3.81. The average Bonchev–Trinajstić information content (AvgIpc) is 1.82. The Morgan fingerprint density at radius 2 is 1.70 bits per heavy atom. The molecule has 1 saturated carbocycles. The molecule has 0 aromatic rings. The van der Waals surface area contributed by atoms with E-state index in [0.29, 0.717) is 30.5 Å². The third kappa shape index (κ3) is 1.28. The van der Waals surface area contributed by atoms with E-state index in [-0.39, 0.29) is 0 Å². The molecule has 0 aromatic heterocycles. The number of allylic oxidation sites excluding steroid dienone is 1. The molecule has 0 spiro atoms. The molecule has 0 unspecified atom stereocenters. The van der Waals surface area contributed by atoms with Crippen molar-refractivity contribution < 1.29 is 4.79 Å². The van der Waals surface area contributed by atoms with Crippen LogP contribution in [-0.4, -0.2) is 5.78 Å². The number of Topliss-reactive ketones (excluding diaryl/α,β-unsaturated/α-hetero) is 1. The van der Waals surface area contributed by atoms with Crippen LogP contribution in [0, 0.1) is 11.8 Å². The molecule has 1 aliphatic rings. The van der Waals surface area contributed by atoms with E-state index in [1.54, 1.807) is 0 Å². The first-order valence-corrected chi connectivity index (χ1v) is 3.81. The topological polar surface area (TPSA) is 17.1 Å². The van der Waals surface area contributed by atoms with Gasteiger partial charge in [0.15, 0.2) is 0 Å². The molecule has 0 N–H and O–H groups in total. The molecule has 0 heterocycles. The number of hydrogen-bond acceptors (Lipinski definition) is 1. The van der Waals surface area contributed by atoms with Crippen molar-refractivity contribution in [3.05, 3.63) is 12.2 Å². The Morgan fingerprint density at radius 3 is 2.10 bits per heavy atom. The highest BCUT2D eigenvalue weighted by atomic mass is 16.1. The minimum Gasteiger partial charge on any atom is -0.300 e. The van der Waals surface area contributed by atoms with Crippen LogP contribution >= 0.6 is 0 Å². The SMILES string of the molecule is C=C1[C@H](C)CC(=O)C[C@H]1C. The summed E-state index contributed by atoms with van der Waals surface area (Å²) in [5.74, 6) is 1.22. The zero-order valence-electron chi connectivity index (χ0n) is 6.68. The predicted octanol–water partition coefficient (Wildman–Crippen LogP) is 2.18. The standard InChI is InChI=1S/C9H14O/c1-6-4-9(10)5-7(2)8(6)3/h6-7H,3-5H2,1-2H3/t6-,7-/m1/s1. The van der Waals surface area contributed by atoms with Crippen molar-refractivity contribution in [1.29, 1.82) is 0 Å². The Balaban J connectivity index is 2.66. The van der Waals surface area contributed by atoms with Crippen LogP contribution in [0.25, 0.3) is 0 Å². The van der Waals surface area contributed by atoms with Gasteiger partial charge in [-0.2, -0.15) is 0 Å². The summed E-state index contributed by atoms with van der Waals surface area (Å²) in [6.07, 6.45) is 1.42. The van der Waals surface area contributed by atoms with Gasteiger partial charge in [-0.25, -0.2) is 0 Å². The predicted molar refractivity (Wildman–Crippen MR) is 41.7 cm³/mol. The van der Waals surface area contributed by atoms with E-state index in [0.717, 1.165) is 0 Å². The van der Waals surface area contributed by atoms with Crippen LogP contribution in [0.2, 0.25) is 0 Å². The molecule has 1 rings (SSSR count). The summed E-state index contributed by atoms with van der Waals surface area (Å²) >= 11 is 0. The minimum absolute atomic E-state index is 0.396. The van der Waals surface area contributed by atoms with Gasteiger partial charge in [-0.15, -0.1) is 0 Å². The summed E-state index contributed by atoms with van der Waals surface area (Å²) in [5.41, 5.74) is 1.25. The van der Waals surface area contributed by atoms with Crippen LogP contribution in [0.1, 0.15) is 26.7 Å². The molecule has 0 aromatic carbocycles. The van der Waals surface area contributed by atoms with Gasteiger partial charge in [0, 0.05) is 12.8 Å². The number of carbonyl (C=O) groups is 1. The molecule has 0 aliphatic heterocycles. The van der Waals surface area contributed by atoms with Crippen LogP contribution in [0.4, 0.5) is 0 Å². The molecule has 0 radical (unpaired) electrons. The van der Waals surface area contributed by atoms with Gasteiger partial charge in [0.2, 0.25) is 0 Å². The van der Waals surface area contributed by atoms with E-state index in [9.17, 15) is 4.79 Å². The summed E-state index contributed by atoms with van der Waals surface area (Å²) in [5, 5.41) is 0. The maximum Gasteiger partial charge on any atom is 0.134 e. The minimum atomic E-state index is 0.396. The fourth-order valence-electron chi connectivity index (χ4n) is 1.51. The number of hydrogen-bond donors (Lipinski definition) is 0. The zero-order chi connectivity index (χ0) is 7.72. The smallest absolute Gasteiger partial charge is 0.134 e. The largest absolute Gasteiger partial charge is 0.300 e. The Hall–Kier alpha value is -0.590. The lowest BCUT2D eigenvalue weighted by molar-refractivity contribution is -0.121. The van der Waals surface area contributed by atoms with Crippen LogP contribution in [0.3, 0.4) is 0 Å². The van der Waals surface area contributed by atoms with Gasteiger partial charge < -0.3 is 0 Å². The van der Waals surface area contributed by atoms with Crippen molar-refractivity contribution in [2.75, 3.05) is 0 Å². The molecule has 1 fully saturated rings. The highest BCUT2D eigenvalue weighted by Crippen LogP contribution is 2.29. The Bertz CT molecular complexity index is 154. The second-order valence-corrected chi connectivity index (χ2v) is 3.32. The first-order chi connectivity index (χ1) is 4.61. The third-order valence-electron chi connectivity index (χ3n) is 2.33. The lowest BCUT2D eigenvalue weighted by atomic mass is 9.79. The van der Waals surface area contributed by atoms with Crippen molar-refractivity contribution in [3.8, 4) is 0 Å². The molecular weight excluding hydrogens is 124 g/mol. The third-order valence-corrected chi connectivity index (χ3v) is 2.33. The van der Waals surface area contributed by atoms with Gasteiger partial charge in [-0.05, 0) is 11.8 Å². The van der Waals surface area contributed by atoms with Gasteiger partial charge in [0.05, 0.1) is 0 Å². The number of carbonyl (C=O) groups excluding carboxylic acids is 1. The maximum absolute atomic E-state index is 11.0. The molecule has 56 valence electrons. The lowest BCUT2D eigenvalue weighted by Gasteiger charge is -2.25. The molecule has 0 amide bonds. The van der Waals surface area contributed by atoms with E-state index in [2.05, 4.69) is 20.4 Å². The second-order valence-electron chi connectivity index (χ2n) is 3.32. The molecule has 1 heteroatoms. The summed E-state index contributed by atoms with van der Waals surface area (Å²) in [6.45, 7) is 8.12. The number of ketones is 1. The van der Waals surface area contributed by atoms with Crippen LogP contribution in [0.5, 0.6) is 0 Å². The second kappa shape index (κ2) is 2.57. The molecule has 10 heavy (non-hydrogen) atoms. The highest BCUT2D eigenvalue weighted by Gasteiger charge is 2.24. The van der Waals surface area contributed by atoms with Gasteiger partial charge in [-0.3, -0.25) is 4.79 Å². The Kier molecular flexibility index (Phi) is 1.93. The van der Waals surface area contributed by atoms with Crippen LogP contribution in [0.15, 0.2) is 12.2 Å². The van der Waals surface area contributed by atoms with Crippen molar-refractivity contribution >= 4 is 5.78 Å². The molecule has 0 bridgehead atoms. The van der Waals surface area contributed by atoms with Crippen molar-refractivity contribution in [2.45, 2.75) is 26.7 Å². The van der Waals surface area contributed by atoms with Gasteiger partial charge in [0.1, 0.15) is 5.78 Å². The highest BCUT2D eigenvalue weighted by molar-refractivity contribution is 5.80.